The number of rotatable bonds is 5. The van der Waals surface area contributed by atoms with Gasteiger partial charge in [-0.15, -0.1) is 0 Å². The van der Waals surface area contributed by atoms with Crippen LogP contribution in [0.25, 0.3) is 0 Å². The molecule has 38 heavy (non-hydrogen) atoms. The van der Waals surface area contributed by atoms with E-state index in [1.807, 2.05) is 36.9 Å². The number of aliphatic imine (C=N–C) groups is 1. The average molecular weight is 625 g/mol. The summed E-state index contributed by atoms with van der Waals surface area (Å²) in [5.41, 5.74) is 3.27. The van der Waals surface area contributed by atoms with E-state index in [1.165, 1.54) is 22.6 Å². The molecule has 1 saturated heterocycles. The SMILES string of the molecule is Cc1ccc(C(=Nc2ccccc2)N[PH+](c2ccccc2)c2ccccc2)cc1.[CH-]1CCCO1.[Cl][Cr+]([Cl])[Cl]. The van der Waals surface area contributed by atoms with Crippen molar-refractivity contribution in [3.63, 3.8) is 0 Å². The van der Waals surface area contributed by atoms with Crippen molar-refractivity contribution in [3.05, 3.63) is 133 Å². The molecule has 0 amide bonds. The quantitative estimate of drug-likeness (QED) is 0.105. The van der Waals surface area contributed by atoms with Crippen molar-refractivity contribution in [2.24, 2.45) is 4.99 Å². The predicted octanol–water partition coefficient (Wildman–Crippen LogP) is 8.47. The molecule has 1 heterocycles. The van der Waals surface area contributed by atoms with Gasteiger partial charge in [0.1, 0.15) is 10.6 Å². The summed E-state index contributed by atoms with van der Waals surface area (Å²) in [7, 11) is 13.5. The first-order chi connectivity index (χ1) is 18.5. The second-order valence-electron chi connectivity index (χ2n) is 8.25. The molecule has 0 aliphatic carbocycles. The van der Waals surface area contributed by atoms with Gasteiger partial charge < -0.3 is 4.74 Å². The van der Waals surface area contributed by atoms with Crippen LogP contribution in [0.3, 0.4) is 0 Å². The molecule has 0 bridgehead atoms. The van der Waals surface area contributed by atoms with E-state index in [0.29, 0.717) is 0 Å². The third-order valence-corrected chi connectivity index (χ3v) is 7.70. The molecule has 198 valence electrons. The molecule has 5 rings (SSSR count). The first kappa shape index (κ1) is 30.7. The van der Waals surface area contributed by atoms with Crippen LogP contribution in [-0.2, 0) is 16.1 Å². The number of benzene rings is 4. The second-order valence-corrected chi connectivity index (χ2v) is 16.7. The Balaban J connectivity index is 0.000000380. The van der Waals surface area contributed by atoms with Crippen molar-refractivity contribution in [1.29, 1.82) is 0 Å². The van der Waals surface area contributed by atoms with Gasteiger partial charge in [0.2, 0.25) is 0 Å². The van der Waals surface area contributed by atoms with E-state index in [-0.39, 0.29) is 0 Å². The van der Waals surface area contributed by atoms with E-state index in [2.05, 4.69) is 96.9 Å². The van der Waals surface area contributed by atoms with Gasteiger partial charge in [-0.05, 0) is 43.3 Å². The molecule has 1 aliphatic rings. The van der Waals surface area contributed by atoms with Gasteiger partial charge in [-0.1, -0.05) is 90.8 Å². The van der Waals surface area contributed by atoms with Gasteiger partial charge >= 0.3 is 41.5 Å². The zero-order valence-corrected chi connectivity index (χ0v) is 25.6. The maximum absolute atomic E-state index is 4.98. The van der Waals surface area contributed by atoms with Gasteiger partial charge in [0.25, 0.3) is 0 Å². The first-order valence-electron chi connectivity index (χ1n) is 12.1. The zero-order valence-electron chi connectivity index (χ0n) is 21.1. The van der Waals surface area contributed by atoms with Crippen molar-refractivity contribution in [3.8, 4) is 0 Å². The van der Waals surface area contributed by atoms with Crippen LogP contribution in [0.15, 0.2) is 120 Å². The molecule has 3 nitrogen and oxygen atoms in total. The van der Waals surface area contributed by atoms with Gasteiger partial charge in [0.05, 0.1) is 5.69 Å². The summed E-state index contributed by atoms with van der Waals surface area (Å²) in [6.45, 7) is 4.91. The average Bonchev–Trinajstić information content (AvgIpc) is 3.53. The number of nitrogens with one attached hydrogen (secondary N) is 1. The van der Waals surface area contributed by atoms with Gasteiger partial charge in [-0.2, -0.15) is 6.42 Å². The fraction of sp³-hybridized carbons (Fsp3) is 0.133. The fourth-order valence-electron chi connectivity index (χ4n) is 3.56. The Labute approximate surface area is 244 Å². The van der Waals surface area contributed by atoms with Crippen molar-refractivity contribution < 1.29 is 16.1 Å². The molecule has 1 fully saturated rings. The molecule has 1 aliphatic heterocycles. The minimum absolute atomic E-state index is 0.901. The Kier molecular flexibility index (Phi) is 14.3. The van der Waals surface area contributed by atoms with Crippen molar-refractivity contribution in [2.45, 2.75) is 19.8 Å². The Morgan fingerprint density at radius 3 is 1.71 bits per heavy atom. The van der Waals surface area contributed by atoms with Crippen LogP contribution >= 0.6 is 38.2 Å². The Morgan fingerprint density at radius 1 is 0.789 bits per heavy atom. The predicted molar refractivity (Wildman–Crippen MR) is 164 cm³/mol. The van der Waals surface area contributed by atoms with E-state index < -0.39 is 19.5 Å². The minimum atomic E-state index is -1.62. The molecule has 0 spiro atoms. The molecule has 0 atom stereocenters. The third kappa shape index (κ3) is 11.5. The van der Waals surface area contributed by atoms with Crippen molar-refractivity contribution in [2.75, 3.05) is 6.61 Å². The molecule has 8 heteroatoms. The molecule has 0 unspecified atom stereocenters. The molecule has 0 aromatic heterocycles. The number of aryl methyl sites for hydroxylation is 1. The molecular formula is C30H31Cl3CrN2OP+. The summed E-state index contributed by atoms with van der Waals surface area (Å²) in [6, 6.07) is 40.0. The van der Waals surface area contributed by atoms with Crippen LogP contribution in [0.1, 0.15) is 24.0 Å². The fourth-order valence-corrected chi connectivity index (χ4v) is 5.67. The number of para-hydroxylation sites is 1. The van der Waals surface area contributed by atoms with Crippen LogP contribution in [0.4, 0.5) is 5.69 Å². The maximum atomic E-state index is 4.98. The number of halogens is 3. The van der Waals surface area contributed by atoms with E-state index in [9.17, 15) is 0 Å². The van der Waals surface area contributed by atoms with Gasteiger partial charge in [-0.3, -0.25) is 0 Å². The Bertz CT molecular complexity index is 1160. The Morgan fingerprint density at radius 2 is 1.29 bits per heavy atom. The van der Waals surface area contributed by atoms with Crippen molar-refractivity contribution in [1.82, 2.24) is 5.09 Å². The molecule has 0 radical (unpaired) electrons. The normalized spacial score (nSPS) is 12.8. The molecule has 4 aromatic rings. The van der Waals surface area contributed by atoms with Gasteiger partial charge in [-0.25, -0.2) is 16.7 Å². The third-order valence-electron chi connectivity index (χ3n) is 5.39. The van der Waals surface area contributed by atoms with Crippen LogP contribution in [-0.4, -0.2) is 12.4 Å². The summed E-state index contributed by atoms with van der Waals surface area (Å²) in [5.74, 6) is 0.901. The number of hydrogen-bond donors (Lipinski definition) is 1. The number of ether oxygens (including phenoxy) is 1. The summed E-state index contributed by atoms with van der Waals surface area (Å²) in [4.78, 5) is 4.98. The molecule has 1 N–H and O–H groups in total. The van der Waals surface area contributed by atoms with E-state index in [4.69, 9.17) is 39.9 Å². The van der Waals surface area contributed by atoms with Crippen LogP contribution < -0.4 is 15.7 Å². The summed E-state index contributed by atoms with van der Waals surface area (Å²) in [6.07, 6.45) is 2.38. The summed E-state index contributed by atoms with van der Waals surface area (Å²) < 4.78 is 4.82. The number of amidine groups is 1. The Hall–Kier alpha value is -1.86. The summed E-state index contributed by atoms with van der Waals surface area (Å²) in [5, 5.41) is 6.43. The standard InChI is InChI=1S/C26H23N2P.C4H7O.3ClH.Cr/c1-21-17-19-22(20-18-21)26(27-23-11-5-2-6-12-23)28-29(24-13-7-3-8-14-24)25-15-9-4-10-16-25;1-2-4-5-3-1;;;;/h2-20H,1H3,(H,27,28);3H,1-2,4H2;3*1H;/q;-1;;;;+4/p-2. The zero-order chi connectivity index (χ0) is 27.0. The van der Waals surface area contributed by atoms with Crippen LogP contribution in [0.2, 0.25) is 0 Å². The van der Waals surface area contributed by atoms with E-state index >= 15 is 0 Å². The molecular weight excluding hydrogens is 594 g/mol. The number of hydrogen-bond acceptors (Lipinski definition) is 2. The molecule has 0 saturated carbocycles. The monoisotopic (exact) mass is 623 g/mol. The van der Waals surface area contributed by atoms with Crippen LogP contribution in [0.5, 0.6) is 0 Å². The van der Waals surface area contributed by atoms with Gasteiger partial charge in [0, 0.05) is 12.2 Å². The van der Waals surface area contributed by atoms with E-state index in [0.717, 1.165) is 30.1 Å². The van der Waals surface area contributed by atoms with E-state index in [1.54, 1.807) is 0 Å². The van der Waals surface area contributed by atoms with Crippen molar-refractivity contribution >= 4 is 60.4 Å². The number of nitrogens with zero attached hydrogens (tertiary/aromatic N) is 1. The topological polar surface area (TPSA) is 33.6 Å². The van der Waals surface area contributed by atoms with Gasteiger partial charge in [0.15, 0.2) is 13.9 Å². The first-order valence-corrected chi connectivity index (χ1v) is 18.9. The summed E-state index contributed by atoms with van der Waals surface area (Å²) >= 11 is -1.62. The second kappa shape index (κ2) is 17.7. The van der Waals surface area contributed by atoms with Crippen LogP contribution in [0, 0.1) is 13.5 Å². The molecule has 4 aromatic carbocycles.